The van der Waals surface area contributed by atoms with Crippen molar-refractivity contribution < 1.29 is 35.8 Å². The van der Waals surface area contributed by atoms with Gasteiger partial charge in [0.05, 0.1) is 16.1 Å². The number of benzene rings is 2. The molecule has 2 rings (SSSR count). The molecule has 0 aliphatic carbocycles. The van der Waals surface area contributed by atoms with Crippen LogP contribution < -0.4 is 5.73 Å². The molecule has 0 aliphatic heterocycles. The van der Waals surface area contributed by atoms with E-state index < -0.39 is 41.7 Å². The lowest BCUT2D eigenvalue weighted by atomic mass is 10.1. The number of aromatic carboxylic acids is 1. The predicted octanol–water partition coefficient (Wildman–Crippen LogP) is 1.88. The molecule has 0 heterocycles. The van der Waals surface area contributed by atoms with E-state index in [1.54, 1.807) is 0 Å². The van der Waals surface area contributed by atoms with Crippen LogP contribution in [-0.4, -0.2) is 37.0 Å². The third kappa shape index (κ3) is 4.40. The number of nitrogens with two attached hydrogens (primary N) is 1. The van der Waals surface area contributed by atoms with Gasteiger partial charge in [-0.25, -0.2) is 4.79 Å². The summed E-state index contributed by atoms with van der Waals surface area (Å²) in [6.07, 6.45) is 0. The quantitative estimate of drug-likeness (QED) is 0.328. The average Bonchev–Trinajstić information content (AvgIpc) is 2.51. The van der Waals surface area contributed by atoms with Crippen LogP contribution in [0.4, 0.5) is 17.1 Å². The Morgan fingerprint density at radius 2 is 1.58 bits per heavy atom. The molecule has 0 bridgehead atoms. The van der Waals surface area contributed by atoms with Gasteiger partial charge in [-0.1, -0.05) is 0 Å². The van der Waals surface area contributed by atoms with Crippen LogP contribution >= 0.6 is 0 Å². The highest BCUT2D eigenvalue weighted by Gasteiger charge is 2.20. The Labute approximate surface area is 147 Å². The summed E-state index contributed by atoms with van der Waals surface area (Å²) in [6, 6.07) is 5.72. The molecule has 0 amide bonds. The average molecular weight is 401 g/mol. The fourth-order valence-corrected chi connectivity index (χ4v) is 2.96. The molecule has 0 fully saturated rings. The zero-order chi connectivity index (χ0) is 19.7. The second-order valence-electron chi connectivity index (χ2n) is 4.86. The van der Waals surface area contributed by atoms with E-state index in [0.29, 0.717) is 6.07 Å². The molecule has 0 unspecified atom stereocenters. The SMILES string of the molecule is Nc1ccc(N=Nc2cc(S(=O)(=O)O)ccc2S(=O)(=O)O)cc1C(=O)O. The summed E-state index contributed by atoms with van der Waals surface area (Å²) in [6.45, 7) is 0. The molecule has 0 spiro atoms. The third-order valence-electron chi connectivity index (χ3n) is 3.05. The Balaban J connectivity index is 2.59. The molecule has 26 heavy (non-hydrogen) atoms. The van der Waals surface area contributed by atoms with Crippen molar-refractivity contribution in [2.24, 2.45) is 10.2 Å². The first-order chi connectivity index (χ1) is 11.9. The first-order valence-corrected chi connectivity index (χ1v) is 9.41. The van der Waals surface area contributed by atoms with E-state index in [0.717, 1.165) is 18.2 Å². The van der Waals surface area contributed by atoms with Gasteiger partial charge in [0.15, 0.2) is 0 Å². The smallest absolute Gasteiger partial charge is 0.337 e. The molecular formula is C13H11N3O8S2. The van der Waals surface area contributed by atoms with E-state index in [2.05, 4.69) is 10.2 Å². The van der Waals surface area contributed by atoms with Gasteiger partial charge >= 0.3 is 5.97 Å². The lowest BCUT2D eigenvalue weighted by Gasteiger charge is -2.04. The van der Waals surface area contributed by atoms with E-state index in [4.69, 9.17) is 15.4 Å². The van der Waals surface area contributed by atoms with Crippen molar-refractivity contribution in [1.82, 2.24) is 0 Å². The number of carboxylic acids is 1. The van der Waals surface area contributed by atoms with Gasteiger partial charge in [-0.2, -0.15) is 21.9 Å². The minimum absolute atomic E-state index is 0.0323. The van der Waals surface area contributed by atoms with Crippen LogP contribution in [0.15, 0.2) is 56.4 Å². The summed E-state index contributed by atoms with van der Waals surface area (Å²) in [4.78, 5) is 9.59. The molecule has 0 saturated carbocycles. The number of nitrogens with zero attached hydrogens (tertiary/aromatic N) is 2. The fourth-order valence-electron chi connectivity index (χ4n) is 1.86. The zero-order valence-electron chi connectivity index (χ0n) is 12.6. The monoisotopic (exact) mass is 401 g/mol. The van der Waals surface area contributed by atoms with E-state index in [1.165, 1.54) is 12.1 Å². The van der Waals surface area contributed by atoms with Crippen LogP contribution in [-0.2, 0) is 20.2 Å². The largest absolute Gasteiger partial charge is 0.478 e. The van der Waals surface area contributed by atoms with E-state index in [1.807, 2.05) is 0 Å². The summed E-state index contributed by atoms with van der Waals surface area (Å²) in [7, 11) is -9.44. The Hall–Kier alpha value is -2.87. The highest BCUT2D eigenvalue weighted by molar-refractivity contribution is 7.86. The van der Waals surface area contributed by atoms with Gasteiger partial charge in [-0.05, 0) is 36.4 Å². The van der Waals surface area contributed by atoms with E-state index in [-0.39, 0.29) is 16.9 Å². The first kappa shape index (κ1) is 19.5. The van der Waals surface area contributed by atoms with Crippen LogP contribution in [0.3, 0.4) is 0 Å². The molecule has 11 nitrogen and oxygen atoms in total. The third-order valence-corrected chi connectivity index (χ3v) is 4.80. The van der Waals surface area contributed by atoms with Gasteiger partial charge in [-0.3, -0.25) is 9.11 Å². The molecule has 0 atom stereocenters. The minimum atomic E-state index is -4.77. The van der Waals surface area contributed by atoms with Crippen molar-refractivity contribution >= 4 is 43.3 Å². The molecule has 2 aromatic rings. The second kappa shape index (κ2) is 6.80. The second-order valence-corrected chi connectivity index (χ2v) is 7.67. The molecule has 5 N–H and O–H groups in total. The Bertz CT molecular complexity index is 1120. The lowest BCUT2D eigenvalue weighted by molar-refractivity contribution is 0.0698. The number of carboxylic acid groups (broad SMARTS) is 1. The van der Waals surface area contributed by atoms with Gasteiger partial charge in [0.2, 0.25) is 0 Å². The van der Waals surface area contributed by atoms with Gasteiger partial charge < -0.3 is 10.8 Å². The van der Waals surface area contributed by atoms with Crippen molar-refractivity contribution in [2.45, 2.75) is 9.79 Å². The number of hydrogen-bond acceptors (Lipinski definition) is 8. The minimum Gasteiger partial charge on any atom is -0.478 e. The maximum Gasteiger partial charge on any atom is 0.337 e. The maximum atomic E-state index is 11.4. The standard InChI is InChI=1S/C13H11N3O8S2/c14-10-3-1-7(5-9(10)13(17)18)15-16-11-6-8(25(19,20)21)2-4-12(11)26(22,23)24/h1-6H,14H2,(H,17,18)(H,19,20,21)(H,22,23,24). The molecule has 13 heteroatoms. The van der Waals surface area contributed by atoms with Crippen LogP contribution in [0.1, 0.15) is 10.4 Å². The summed E-state index contributed by atoms with van der Waals surface area (Å²) >= 11 is 0. The molecule has 0 saturated heterocycles. The summed E-state index contributed by atoms with van der Waals surface area (Å²) in [5, 5.41) is 16.1. The van der Waals surface area contributed by atoms with E-state index in [9.17, 15) is 26.2 Å². The molecule has 2 aromatic carbocycles. The van der Waals surface area contributed by atoms with Gasteiger partial charge in [0.1, 0.15) is 10.6 Å². The van der Waals surface area contributed by atoms with Gasteiger partial charge in [0.25, 0.3) is 20.2 Å². The zero-order valence-corrected chi connectivity index (χ0v) is 14.3. The van der Waals surface area contributed by atoms with Crippen LogP contribution in [0.2, 0.25) is 0 Å². The highest BCUT2D eigenvalue weighted by atomic mass is 32.2. The summed E-state index contributed by atoms with van der Waals surface area (Å²) < 4.78 is 63.3. The molecular weight excluding hydrogens is 390 g/mol. The summed E-state index contributed by atoms with van der Waals surface area (Å²) in [5.74, 6) is -1.33. The maximum absolute atomic E-state index is 11.4. The topological polar surface area (TPSA) is 197 Å². The molecule has 138 valence electrons. The molecule has 0 radical (unpaired) electrons. The number of nitrogen functional groups attached to an aromatic ring is 1. The van der Waals surface area contributed by atoms with Crippen molar-refractivity contribution in [1.29, 1.82) is 0 Å². The number of rotatable bonds is 5. The van der Waals surface area contributed by atoms with Gasteiger partial charge in [-0.15, -0.1) is 5.11 Å². The lowest BCUT2D eigenvalue weighted by Crippen LogP contribution is -2.02. The van der Waals surface area contributed by atoms with Gasteiger partial charge in [0, 0.05) is 5.69 Å². The van der Waals surface area contributed by atoms with Crippen molar-refractivity contribution in [3.05, 3.63) is 42.0 Å². The molecule has 0 aromatic heterocycles. The van der Waals surface area contributed by atoms with E-state index >= 15 is 0 Å². The Kier molecular flexibility index (Phi) is 5.09. The number of carbonyl (C=O) groups is 1. The number of hydrogen-bond donors (Lipinski definition) is 4. The number of azo groups is 1. The van der Waals surface area contributed by atoms with Crippen molar-refractivity contribution in [2.75, 3.05) is 5.73 Å². The van der Waals surface area contributed by atoms with Crippen molar-refractivity contribution in [3.63, 3.8) is 0 Å². The van der Waals surface area contributed by atoms with Crippen LogP contribution in [0, 0.1) is 0 Å². The number of anilines is 1. The van der Waals surface area contributed by atoms with Crippen LogP contribution in [0.25, 0.3) is 0 Å². The molecule has 0 aliphatic rings. The van der Waals surface area contributed by atoms with Crippen molar-refractivity contribution in [3.8, 4) is 0 Å². The normalized spacial score (nSPS) is 12.4. The van der Waals surface area contributed by atoms with Crippen LogP contribution in [0.5, 0.6) is 0 Å². The fraction of sp³-hybridized carbons (Fsp3) is 0. The highest BCUT2D eigenvalue weighted by Crippen LogP contribution is 2.30. The summed E-state index contributed by atoms with van der Waals surface area (Å²) in [5.41, 5.74) is 4.55. The predicted molar refractivity (Wildman–Crippen MR) is 88.1 cm³/mol. The first-order valence-electron chi connectivity index (χ1n) is 6.53. The Morgan fingerprint density at radius 3 is 2.12 bits per heavy atom. The Morgan fingerprint density at radius 1 is 0.923 bits per heavy atom.